The van der Waals surface area contributed by atoms with Crippen LogP contribution < -0.4 is 15.8 Å². The van der Waals surface area contributed by atoms with Gasteiger partial charge in [-0.3, -0.25) is 9.59 Å². The second-order valence-corrected chi connectivity index (χ2v) is 7.44. The van der Waals surface area contributed by atoms with Crippen molar-refractivity contribution in [1.82, 2.24) is 19.8 Å². The van der Waals surface area contributed by atoms with Crippen LogP contribution in [0.15, 0.2) is 12.1 Å². The summed E-state index contributed by atoms with van der Waals surface area (Å²) in [5, 5.41) is 2.95. The Kier molecular flexibility index (Phi) is 4.51. The number of imidazole rings is 1. The van der Waals surface area contributed by atoms with Gasteiger partial charge < -0.3 is 25.3 Å². The zero-order chi connectivity index (χ0) is 19.1. The summed E-state index contributed by atoms with van der Waals surface area (Å²) in [6.07, 6.45) is 3.86. The maximum absolute atomic E-state index is 12.9. The predicted molar refractivity (Wildman–Crippen MR) is 101 cm³/mol. The van der Waals surface area contributed by atoms with Crippen LogP contribution in [-0.4, -0.2) is 58.5 Å². The molecule has 8 heteroatoms. The minimum atomic E-state index is -0.201. The Morgan fingerprint density at radius 2 is 2.07 bits per heavy atom. The number of ether oxygens (including phenoxy) is 1. The van der Waals surface area contributed by atoms with Crippen LogP contribution in [0.3, 0.4) is 0 Å². The molecule has 0 spiro atoms. The lowest BCUT2D eigenvalue weighted by Gasteiger charge is -2.30. The van der Waals surface area contributed by atoms with E-state index in [1.807, 2.05) is 0 Å². The first-order valence-electron chi connectivity index (χ1n) is 9.38. The van der Waals surface area contributed by atoms with E-state index in [4.69, 9.17) is 10.5 Å². The molecule has 1 aliphatic carbocycles. The van der Waals surface area contributed by atoms with Crippen molar-refractivity contribution >= 4 is 22.8 Å². The summed E-state index contributed by atoms with van der Waals surface area (Å²) in [5.74, 6) is 0.561. The van der Waals surface area contributed by atoms with Crippen molar-refractivity contribution in [2.75, 3.05) is 20.2 Å². The molecule has 4 rings (SSSR count). The van der Waals surface area contributed by atoms with Gasteiger partial charge in [-0.05, 0) is 37.8 Å². The summed E-state index contributed by atoms with van der Waals surface area (Å²) in [7, 11) is 3.33. The quantitative estimate of drug-likeness (QED) is 0.836. The Bertz CT molecular complexity index is 902. The number of nitrogens with zero attached hydrogens (tertiary/aromatic N) is 3. The maximum Gasteiger partial charge on any atom is 0.287 e. The summed E-state index contributed by atoms with van der Waals surface area (Å²) >= 11 is 0. The molecule has 2 amide bonds. The second kappa shape index (κ2) is 6.84. The van der Waals surface area contributed by atoms with Crippen molar-refractivity contribution in [3.63, 3.8) is 0 Å². The number of carbonyl (C=O) groups is 2. The number of nitrogens with one attached hydrogen (secondary N) is 1. The smallest absolute Gasteiger partial charge is 0.287 e. The van der Waals surface area contributed by atoms with Crippen LogP contribution in [0, 0.1) is 0 Å². The molecule has 2 aliphatic rings. The monoisotopic (exact) mass is 371 g/mol. The molecule has 27 heavy (non-hydrogen) atoms. The van der Waals surface area contributed by atoms with Crippen molar-refractivity contribution in [2.24, 2.45) is 12.8 Å². The van der Waals surface area contributed by atoms with Gasteiger partial charge in [0.15, 0.2) is 5.82 Å². The van der Waals surface area contributed by atoms with Crippen molar-refractivity contribution in [3.05, 3.63) is 23.5 Å². The molecule has 1 aliphatic heterocycles. The van der Waals surface area contributed by atoms with Gasteiger partial charge >= 0.3 is 0 Å². The SMILES string of the molecule is COc1cc(C(=O)N2CCC[C@@H](N)C2)cc2nc(C(=O)NC3CC3)n(C)c12. The van der Waals surface area contributed by atoms with Crippen LogP contribution >= 0.6 is 0 Å². The number of aromatic nitrogens is 2. The van der Waals surface area contributed by atoms with Crippen LogP contribution in [0.2, 0.25) is 0 Å². The molecule has 1 atom stereocenters. The van der Waals surface area contributed by atoms with Crippen LogP contribution in [0.25, 0.3) is 11.0 Å². The first-order chi connectivity index (χ1) is 13.0. The molecule has 2 fully saturated rings. The van der Waals surface area contributed by atoms with Crippen molar-refractivity contribution in [2.45, 2.75) is 37.8 Å². The number of carbonyl (C=O) groups excluding carboxylic acids is 2. The molecule has 0 unspecified atom stereocenters. The Morgan fingerprint density at radius 3 is 2.74 bits per heavy atom. The standard InChI is InChI=1S/C19H25N5O3/c1-23-16-14(22-17(23)18(25)21-13-5-6-13)8-11(9-15(16)27-2)19(26)24-7-3-4-12(20)10-24/h8-9,12-13H,3-7,10,20H2,1-2H3,(H,21,25)/t12-/m1/s1. The third-order valence-corrected chi connectivity index (χ3v) is 5.26. The Hall–Kier alpha value is -2.61. The van der Waals surface area contributed by atoms with Gasteiger partial charge in [-0.25, -0.2) is 4.98 Å². The third-order valence-electron chi connectivity index (χ3n) is 5.26. The fraction of sp³-hybridized carbons (Fsp3) is 0.526. The van der Waals surface area contributed by atoms with Gasteiger partial charge in [0, 0.05) is 37.8 Å². The summed E-state index contributed by atoms with van der Waals surface area (Å²) in [5.41, 5.74) is 7.78. The van der Waals surface area contributed by atoms with E-state index in [2.05, 4.69) is 10.3 Å². The van der Waals surface area contributed by atoms with E-state index in [1.54, 1.807) is 35.8 Å². The molecular weight excluding hydrogens is 346 g/mol. The van der Waals surface area contributed by atoms with Gasteiger partial charge in [-0.1, -0.05) is 0 Å². The van der Waals surface area contributed by atoms with Crippen LogP contribution in [0.5, 0.6) is 5.75 Å². The molecule has 1 saturated heterocycles. The van der Waals surface area contributed by atoms with Crippen molar-refractivity contribution in [1.29, 1.82) is 0 Å². The molecule has 0 radical (unpaired) electrons. The highest BCUT2D eigenvalue weighted by Crippen LogP contribution is 2.29. The fourth-order valence-corrected chi connectivity index (χ4v) is 3.65. The van der Waals surface area contributed by atoms with Crippen molar-refractivity contribution < 1.29 is 14.3 Å². The third kappa shape index (κ3) is 3.37. The normalized spacial score (nSPS) is 20.0. The van der Waals surface area contributed by atoms with E-state index in [1.165, 1.54) is 0 Å². The highest BCUT2D eigenvalue weighted by molar-refractivity contribution is 6.01. The molecule has 1 aromatic carbocycles. The van der Waals surface area contributed by atoms with E-state index in [-0.39, 0.29) is 23.9 Å². The van der Waals surface area contributed by atoms with Gasteiger partial charge in [0.2, 0.25) is 0 Å². The molecule has 0 bridgehead atoms. The number of methoxy groups -OCH3 is 1. The molecule has 1 saturated carbocycles. The summed E-state index contributed by atoms with van der Waals surface area (Å²) in [6, 6.07) is 3.71. The molecule has 3 N–H and O–H groups in total. The first kappa shape index (κ1) is 17.8. The molecule has 2 aromatic rings. The molecule has 1 aromatic heterocycles. The van der Waals surface area contributed by atoms with E-state index >= 15 is 0 Å². The summed E-state index contributed by atoms with van der Waals surface area (Å²) in [6.45, 7) is 1.25. The number of rotatable bonds is 4. The Morgan fingerprint density at radius 1 is 1.30 bits per heavy atom. The van der Waals surface area contributed by atoms with E-state index in [0.29, 0.717) is 41.3 Å². The minimum Gasteiger partial charge on any atom is -0.494 e. The Balaban J connectivity index is 1.70. The lowest BCUT2D eigenvalue weighted by Crippen LogP contribution is -2.45. The average Bonchev–Trinajstić information content (AvgIpc) is 3.41. The topological polar surface area (TPSA) is 102 Å². The van der Waals surface area contributed by atoms with Crippen molar-refractivity contribution in [3.8, 4) is 5.75 Å². The maximum atomic E-state index is 12.9. The summed E-state index contributed by atoms with van der Waals surface area (Å²) in [4.78, 5) is 31.7. The lowest BCUT2D eigenvalue weighted by atomic mass is 10.0. The molecule has 8 nitrogen and oxygen atoms in total. The average molecular weight is 371 g/mol. The number of benzene rings is 1. The number of aryl methyl sites for hydroxylation is 1. The zero-order valence-corrected chi connectivity index (χ0v) is 15.7. The number of piperidine rings is 1. The van der Waals surface area contributed by atoms with Gasteiger partial charge in [0.05, 0.1) is 12.6 Å². The molecule has 144 valence electrons. The highest BCUT2D eigenvalue weighted by atomic mass is 16.5. The van der Waals surface area contributed by atoms with E-state index in [0.717, 1.165) is 25.7 Å². The van der Waals surface area contributed by atoms with Gasteiger partial charge in [-0.15, -0.1) is 0 Å². The Labute approximate surface area is 157 Å². The number of nitrogens with two attached hydrogens (primary N) is 1. The number of hydrogen-bond donors (Lipinski definition) is 2. The van der Waals surface area contributed by atoms with Gasteiger partial charge in [0.1, 0.15) is 11.3 Å². The second-order valence-electron chi connectivity index (χ2n) is 7.44. The first-order valence-corrected chi connectivity index (χ1v) is 9.38. The van der Waals surface area contributed by atoms with Gasteiger partial charge in [-0.2, -0.15) is 0 Å². The van der Waals surface area contributed by atoms with E-state index < -0.39 is 0 Å². The molecular formula is C19H25N5O3. The number of hydrogen-bond acceptors (Lipinski definition) is 5. The van der Waals surface area contributed by atoms with Crippen LogP contribution in [0.4, 0.5) is 0 Å². The number of amides is 2. The predicted octanol–water partition coefficient (Wildman–Crippen LogP) is 1.04. The number of fused-ring (bicyclic) bond motifs is 1. The largest absolute Gasteiger partial charge is 0.494 e. The van der Waals surface area contributed by atoms with E-state index in [9.17, 15) is 9.59 Å². The minimum absolute atomic E-state index is 0.0147. The zero-order valence-electron chi connectivity index (χ0n) is 15.7. The lowest BCUT2D eigenvalue weighted by molar-refractivity contribution is 0.0708. The summed E-state index contributed by atoms with van der Waals surface area (Å²) < 4.78 is 7.23. The van der Waals surface area contributed by atoms with Crippen LogP contribution in [0.1, 0.15) is 46.7 Å². The van der Waals surface area contributed by atoms with Crippen LogP contribution in [-0.2, 0) is 7.05 Å². The highest BCUT2D eigenvalue weighted by Gasteiger charge is 2.28. The molecule has 2 heterocycles. The van der Waals surface area contributed by atoms with Gasteiger partial charge in [0.25, 0.3) is 11.8 Å². The fourth-order valence-electron chi connectivity index (χ4n) is 3.65. The number of likely N-dealkylation sites (tertiary alicyclic amines) is 1.